The highest BCUT2D eigenvalue weighted by molar-refractivity contribution is 7.98. The molecule has 0 unspecified atom stereocenters. The molecule has 0 saturated heterocycles. The highest BCUT2D eigenvalue weighted by Gasteiger charge is 2.27. The summed E-state index contributed by atoms with van der Waals surface area (Å²) in [4.78, 5) is 12.6. The fourth-order valence-corrected chi connectivity index (χ4v) is 4.20. The van der Waals surface area contributed by atoms with Crippen LogP contribution in [0.2, 0.25) is 0 Å². The topological polar surface area (TPSA) is 46.9 Å². The van der Waals surface area contributed by atoms with Crippen LogP contribution in [0, 0.1) is 25.5 Å². The molecule has 7 heteroatoms. The molecule has 2 heterocycles. The van der Waals surface area contributed by atoms with Gasteiger partial charge in [-0.1, -0.05) is 18.2 Å². The number of hydrogen-bond donors (Lipinski definition) is 1. The summed E-state index contributed by atoms with van der Waals surface area (Å²) in [7, 11) is 0. The Balaban J connectivity index is 1.81. The Kier molecular flexibility index (Phi) is 4.47. The molecule has 27 heavy (non-hydrogen) atoms. The Morgan fingerprint density at radius 1 is 1.11 bits per heavy atom. The third kappa shape index (κ3) is 3.02. The van der Waals surface area contributed by atoms with Gasteiger partial charge in [-0.15, -0.1) is 0 Å². The number of fused-ring (bicyclic) bond motifs is 1. The van der Waals surface area contributed by atoms with Gasteiger partial charge >= 0.3 is 0 Å². The number of amides is 1. The molecule has 1 N–H and O–H groups in total. The van der Waals surface area contributed by atoms with E-state index in [1.165, 1.54) is 6.07 Å². The van der Waals surface area contributed by atoms with Gasteiger partial charge in [0, 0.05) is 17.1 Å². The molecule has 0 bridgehead atoms. The summed E-state index contributed by atoms with van der Waals surface area (Å²) < 4.78 is 29.7. The van der Waals surface area contributed by atoms with Gasteiger partial charge in [-0.25, -0.2) is 13.5 Å². The molecular formula is C20H17F2N3OS. The summed E-state index contributed by atoms with van der Waals surface area (Å²) in [5.74, 6) is -0.708. The van der Waals surface area contributed by atoms with Gasteiger partial charge in [0.1, 0.15) is 23.0 Å². The van der Waals surface area contributed by atoms with Crippen molar-refractivity contribution in [3.8, 4) is 5.69 Å². The summed E-state index contributed by atoms with van der Waals surface area (Å²) in [5, 5.41) is 7.35. The van der Waals surface area contributed by atoms with Crippen molar-refractivity contribution < 1.29 is 13.6 Å². The van der Waals surface area contributed by atoms with Crippen LogP contribution >= 0.6 is 11.8 Å². The number of aromatic nitrogens is 2. The van der Waals surface area contributed by atoms with Crippen molar-refractivity contribution in [1.82, 2.24) is 9.78 Å². The second kappa shape index (κ2) is 6.81. The molecule has 2 aromatic carbocycles. The van der Waals surface area contributed by atoms with Crippen LogP contribution in [0.15, 0.2) is 36.4 Å². The second-order valence-corrected chi connectivity index (χ2v) is 7.43. The van der Waals surface area contributed by atoms with E-state index < -0.39 is 23.1 Å². The number of carbonyl (C=O) groups excluding carboxylic acids is 1. The predicted octanol–water partition coefficient (Wildman–Crippen LogP) is 4.77. The average molecular weight is 385 g/mol. The molecule has 0 saturated carbocycles. The van der Waals surface area contributed by atoms with E-state index in [9.17, 15) is 13.6 Å². The first-order valence-corrected chi connectivity index (χ1v) is 9.63. The Morgan fingerprint density at radius 2 is 1.81 bits per heavy atom. The Morgan fingerprint density at radius 3 is 2.56 bits per heavy atom. The smallest absolute Gasteiger partial charge is 0.262 e. The maximum absolute atomic E-state index is 14.0. The number of halogens is 2. The van der Waals surface area contributed by atoms with E-state index in [0.29, 0.717) is 11.6 Å². The normalized spacial score (nSPS) is 12.9. The molecular weight excluding hydrogens is 368 g/mol. The minimum atomic E-state index is -0.892. The van der Waals surface area contributed by atoms with Gasteiger partial charge in [0.2, 0.25) is 0 Å². The Bertz CT molecular complexity index is 1040. The van der Waals surface area contributed by atoms with Crippen LogP contribution in [0.5, 0.6) is 0 Å². The average Bonchev–Trinajstić information content (AvgIpc) is 3.20. The highest BCUT2D eigenvalue weighted by atomic mass is 32.2. The van der Waals surface area contributed by atoms with Gasteiger partial charge in [-0.05, 0) is 43.2 Å². The van der Waals surface area contributed by atoms with Crippen molar-refractivity contribution in [3.63, 3.8) is 0 Å². The van der Waals surface area contributed by atoms with Crippen molar-refractivity contribution in [2.24, 2.45) is 0 Å². The standard InChI is InChI=1S/C20H17F2N3OS/c1-11-5-3-8-17(12(11)2)25-19(13-9-27-10-16(13)24-25)23-20(26)18-14(21)6-4-7-15(18)22/h3-8H,9-10H2,1-2H3,(H,23,26). The van der Waals surface area contributed by atoms with Gasteiger partial charge in [-0.3, -0.25) is 4.79 Å². The number of anilines is 1. The van der Waals surface area contributed by atoms with Crippen molar-refractivity contribution in [3.05, 3.63) is 76.0 Å². The van der Waals surface area contributed by atoms with E-state index >= 15 is 0 Å². The Labute approximate surface area is 159 Å². The van der Waals surface area contributed by atoms with Crippen molar-refractivity contribution in [2.45, 2.75) is 25.4 Å². The van der Waals surface area contributed by atoms with Crippen LogP contribution in [0.1, 0.15) is 32.7 Å². The van der Waals surface area contributed by atoms with Gasteiger partial charge in [0.25, 0.3) is 5.91 Å². The van der Waals surface area contributed by atoms with Crippen LogP contribution in [0.3, 0.4) is 0 Å². The van der Waals surface area contributed by atoms with E-state index in [0.717, 1.165) is 46.0 Å². The summed E-state index contributed by atoms with van der Waals surface area (Å²) in [5.41, 5.74) is 4.13. The number of nitrogens with one attached hydrogen (secondary N) is 1. The van der Waals surface area contributed by atoms with Gasteiger partial charge < -0.3 is 5.32 Å². The monoisotopic (exact) mass is 385 g/mol. The largest absolute Gasteiger partial charge is 0.306 e. The van der Waals surface area contributed by atoms with Crippen LogP contribution in [-0.4, -0.2) is 15.7 Å². The fraction of sp³-hybridized carbons (Fsp3) is 0.200. The molecule has 4 nitrogen and oxygen atoms in total. The van der Waals surface area contributed by atoms with Gasteiger partial charge in [0.05, 0.1) is 11.4 Å². The minimum Gasteiger partial charge on any atom is -0.306 e. The number of benzene rings is 2. The Hall–Kier alpha value is -2.67. The van der Waals surface area contributed by atoms with Gasteiger partial charge in [0.15, 0.2) is 0 Å². The molecule has 1 aliphatic heterocycles. The van der Waals surface area contributed by atoms with E-state index in [2.05, 4.69) is 10.4 Å². The number of carbonyl (C=O) groups is 1. The number of aryl methyl sites for hydroxylation is 1. The number of rotatable bonds is 3. The number of hydrogen-bond acceptors (Lipinski definition) is 3. The zero-order valence-corrected chi connectivity index (χ0v) is 15.7. The third-order valence-corrected chi connectivity index (χ3v) is 5.75. The quantitative estimate of drug-likeness (QED) is 0.707. The van der Waals surface area contributed by atoms with Crippen LogP contribution in [-0.2, 0) is 11.5 Å². The van der Waals surface area contributed by atoms with E-state index in [1.807, 2.05) is 32.0 Å². The molecule has 0 fully saturated rings. The molecule has 0 spiro atoms. The lowest BCUT2D eigenvalue weighted by atomic mass is 10.1. The molecule has 1 aromatic heterocycles. The molecule has 1 amide bonds. The maximum atomic E-state index is 14.0. The lowest BCUT2D eigenvalue weighted by molar-refractivity contribution is 0.101. The second-order valence-electron chi connectivity index (χ2n) is 6.45. The van der Waals surface area contributed by atoms with Crippen LogP contribution in [0.4, 0.5) is 14.6 Å². The zero-order valence-electron chi connectivity index (χ0n) is 14.8. The van der Waals surface area contributed by atoms with Crippen LogP contribution < -0.4 is 5.32 Å². The lowest BCUT2D eigenvalue weighted by Crippen LogP contribution is -2.19. The van der Waals surface area contributed by atoms with Crippen molar-refractivity contribution >= 4 is 23.5 Å². The summed E-state index contributed by atoms with van der Waals surface area (Å²) >= 11 is 1.69. The summed E-state index contributed by atoms with van der Waals surface area (Å²) in [6, 6.07) is 9.20. The molecule has 0 aliphatic carbocycles. The fourth-order valence-electron chi connectivity index (χ4n) is 3.17. The molecule has 3 aromatic rings. The zero-order chi connectivity index (χ0) is 19.1. The number of thioether (sulfide) groups is 1. The minimum absolute atomic E-state index is 0.469. The lowest BCUT2D eigenvalue weighted by Gasteiger charge is -2.14. The SMILES string of the molecule is Cc1cccc(-n2nc3c(c2NC(=O)c2c(F)cccc2F)CSC3)c1C. The molecule has 1 aliphatic rings. The summed E-state index contributed by atoms with van der Waals surface area (Å²) in [6.45, 7) is 3.98. The van der Waals surface area contributed by atoms with E-state index in [4.69, 9.17) is 0 Å². The van der Waals surface area contributed by atoms with E-state index in [1.54, 1.807) is 16.4 Å². The molecule has 138 valence electrons. The predicted molar refractivity (Wildman–Crippen MR) is 102 cm³/mol. The third-order valence-electron chi connectivity index (χ3n) is 4.78. The molecule has 0 radical (unpaired) electrons. The van der Waals surface area contributed by atoms with E-state index in [-0.39, 0.29) is 0 Å². The van der Waals surface area contributed by atoms with Crippen molar-refractivity contribution in [2.75, 3.05) is 5.32 Å². The summed E-state index contributed by atoms with van der Waals surface area (Å²) in [6.07, 6.45) is 0. The molecule has 0 atom stereocenters. The molecule has 4 rings (SSSR count). The number of nitrogens with zero attached hydrogens (tertiary/aromatic N) is 2. The van der Waals surface area contributed by atoms with Gasteiger partial charge in [-0.2, -0.15) is 16.9 Å². The van der Waals surface area contributed by atoms with Crippen molar-refractivity contribution in [1.29, 1.82) is 0 Å². The highest BCUT2D eigenvalue weighted by Crippen LogP contribution is 2.37. The first-order valence-electron chi connectivity index (χ1n) is 8.48. The first kappa shape index (κ1) is 17.7. The maximum Gasteiger partial charge on any atom is 0.262 e. The van der Waals surface area contributed by atoms with Crippen LogP contribution in [0.25, 0.3) is 5.69 Å². The first-order chi connectivity index (χ1) is 13.0.